The summed E-state index contributed by atoms with van der Waals surface area (Å²) in [6, 6.07) is 11.0. The first kappa shape index (κ1) is 19.7. The first-order valence-corrected chi connectivity index (χ1v) is 9.56. The van der Waals surface area contributed by atoms with Crippen molar-refractivity contribution in [2.24, 2.45) is 4.99 Å². The number of guanidine groups is 1. The molecule has 0 aromatic heterocycles. The summed E-state index contributed by atoms with van der Waals surface area (Å²) in [5.41, 5.74) is 1.38. The highest BCUT2D eigenvalue weighted by Gasteiger charge is 2.14. The van der Waals surface area contributed by atoms with Crippen molar-refractivity contribution in [3.63, 3.8) is 0 Å². The van der Waals surface area contributed by atoms with Crippen molar-refractivity contribution in [2.75, 3.05) is 32.9 Å². The van der Waals surface area contributed by atoms with Gasteiger partial charge in [-0.1, -0.05) is 30.3 Å². The van der Waals surface area contributed by atoms with E-state index in [1.165, 1.54) is 5.56 Å². The van der Waals surface area contributed by atoms with Gasteiger partial charge in [0.1, 0.15) is 0 Å². The smallest absolute Gasteiger partial charge is 0.191 e. The summed E-state index contributed by atoms with van der Waals surface area (Å²) in [4.78, 5) is 4.60. The van der Waals surface area contributed by atoms with Crippen LogP contribution < -0.4 is 10.6 Å². The van der Waals surface area contributed by atoms with Crippen LogP contribution in [0.25, 0.3) is 0 Å². The van der Waals surface area contributed by atoms with Crippen LogP contribution in [0.4, 0.5) is 0 Å². The minimum atomic E-state index is 0.286. The average Bonchev–Trinajstić information content (AvgIpc) is 3.14. The van der Waals surface area contributed by atoms with Crippen molar-refractivity contribution in [2.45, 2.75) is 51.7 Å². The van der Waals surface area contributed by atoms with E-state index in [4.69, 9.17) is 9.47 Å². The zero-order valence-electron chi connectivity index (χ0n) is 15.7. The van der Waals surface area contributed by atoms with Gasteiger partial charge in [0.25, 0.3) is 0 Å². The van der Waals surface area contributed by atoms with Gasteiger partial charge in [-0.05, 0) is 45.1 Å². The number of aliphatic imine (C=N–C) groups is 1. The van der Waals surface area contributed by atoms with Crippen molar-refractivity contribution < 1.29 is 9.47 Å². The first-order chi connectivity index (χ1) is 12.3. The number of nitrogens with one attached hydrogen (secondary N) is 2. The minimum Gasteiger partial charge on any atom is -0.377 e. The van der Waals surface area contributed by atoms with Gasteiger partial charge in [-0.3, -0.25) is 4.99 Å². The zero-order chi connectivity index (χ0) is 17.7. The fourth-order valence-electron chi connectivity index (χ4n) is 2.87. The Balaban J connectivity index is 1.65. The molecular formula is C20H33N3O2. The van der Waals surface area contributed by atoms with Gasteiger partial charge in [-0.2, -0.15) is 0 Å². The molecule has 1 saturated heterocycles. The third kappa shape index (κ3) is 8.36. The van der Waals surface area contributed by atoms with Gasteiger partial charge < -0.3 is 20.1 Å². The number of hydrogen-bond acceptors (Lipinski definition) is 3. The largest absolute Gasteiger partial charge is 0.377 e. The topological polar surface area (TPSA) is 54.9 Å². The lowest BCUT2D eigenvalue weighted by Crippen LogP contribution is -2.42. The van der Waals surface area contributed by atoms with E-state index < -0.39 is 0 Å². The fraction of sp³-hybridized carbons (Fsp3) is 0.650. The molecule has 1 aromatic carbocycles. The Bertz CT molecular complexity index is 487. The summed E-state index contributed by atoms with van der Waals surface area (Å²) in [5.74, 6) is 0.865. The van der Waals surface area contributed by atoms with Crippen LogP contribution in [0, 0.1) is 0 Å². The van der Waals surface area contributed by atoms with Crippen LogP contribution in [0.1, 0.15) is 38.7 Å². The van der Waals surface area contributed by atoms with Crippen molar-refractivity contribution in [3.8, 4) is 0 Å². The molecule has 2 N–H and O–H groups in total. The predicted molar refractivity (Wildman–Crippen MR) is 103 cm³/mol. The van der Waals surface area contributed by atoms with E-state index >= 15 is 0 Å². The van der Waals surface area contributed by atoms with Crippen LogP contribution >= 0.6 is 0 Å². The van der Waals surface area contributed by atoms with Crippen molar-refractivity contribution in [1.29, 1.82) is 0 Å². The number of hydrogen-bond donors (Lipinski definition) is 2. The van der Waals surface area contributed by atoms with Crippen LogP contribution in [-0.2, 0) is 15.9 Å². The number of benzene rings is 1. The van der Waals surface area contributed by atoms with Crippen molar-refractivity contribution in [3.05, 3.63) is 35.9 Å². The Morgan fingerprint density at radius 2 is 2.20 bits per heavy atom. The number of ether oxygens (including phenoxy) is 2. The molecular weight excluding hydrogens is 314 g/mol. The normalized spacial score (nSPS) is 19.0. The monoisotopic (exact) mass is 347 g/mol. The number of rotatable bonds is 10. The Kier molecular flexibility index (Phi) is 9.37. The van der Waals surface area contributed by atoms with E-state index in [0.717, 1.165) is 44.8 Å². The molecule has 0 radical (unpaired) electrons. The number of aryl methyl sites for hydroxylation is 1. The lowest BCUT2D eigenvalue weighted by Gasteiger charge is -2.18. The van der Waals surface area contributed by atoms with Crippen molar-refractivity contribution >= 4 is 5.96 Å². The molecule has 0 amide bonds. The van der Waals surface area contributed by atoms with Gasteiger partial charge in [-0.25, -0.2) is 0 Å². The molecule has 0 saturated carbocycles. The van der Waals surface area contributed by atoms with Gasteiger partial charge in [0.15, 0.2) is 5.96 Å². The maximum atomic E-state index is 5.67. The molecule has 2 rings (SSSR count). The van der Waals surface area contributed by atoms with Gasteiger partial charge in [0, 0.05) is 19.2 Å². The summed E-state index contributed by atoms with van der Waals surface area (Å²) < 4.78 is 11.2. The van der Waals surface area contributed by atoms with E-state index in [1.807, 2.05) is 0 Å². The van der Waals surface area contributed by atoms with E-state index in [9.17, 15) is 0 Å². The third-order valence-electron chi connectivity index (χ3n) is 4.27. The number of nitrogens with zero attached hydrogens (tertiary/aromatic N) is 1. The Morgan fingerprint density at radius 1 is 1.36 bits per heavy atom. The molecule has 0 spiro atoms. The third-order valence-corrected chi connectivity index (χ3v) is 4.27. The molecule has 25 heavy (non-hydrogen) atoms. The van der Waals surface area contributed by atoms with E-state index in [1.54, 1.807) is 0 Å². The summed E-state index contributed by atoms with van der Waals surface area (Å²) in [6.07, 6.45) is 4.70. The Labute approximate surface area is 152 Å². The van der Waals surface area contributed by atoms with Crippen LogP contribution in [0.3, 0.4) is 0 Å². The van der Waals surface area contributed by atoms with Gasteiger partial charge >= 0.3 is 0 Å². The SMILES string of the molecule is CCNC(=NCCOCC1CCCO1)NC(C)CCc1ccccc1. The van der Waals surface area contributed by atoms with E-state index in [-0.39, 0.29) is 6.10 Å². The highest BCUT2D eigenvalue weighted by Crippen LogP contribution is 2.11. The van der Waals surface area contributed by atoms with E-state index in [0.29, 0.717) is 25.8 Å². The quantitative estimate of drug-likeness (QED) is 0.388. The van der Waals surface area contributed by atoms with E-state index in [2.05, 4.69) is 59.8 Å². The molecule has 1 fully saturated rings. The molecule has 2 unspecified atom stereocenters. The summed E-state index contributed by atoms with van der Waals surface area (Å²) in [7, 11) is 0. The van der Waals surface area contributed by atoms with Gasteiger partial charge in [-0.15, -0.1) is 0 Å². The van der Waals surface area contributed by atoms with Gasteiger partial charge in [0.05, 0.1) is 25.9 Å². The summed E-state index contributed by atoms with van der Waals surface area (Å²) in [5, 5.41) is 6.78. The maximum absolute atomic E-state index is 5.67. The standard InChI is InChI=1S/C20H33N3O2/c1-3-21-20(22-13-15-24-16-19-10-7-14-25-19)23-17(2)11-12-18-8-5-4-6-9-18/h4-6,8-9,17,19H,3,7,10-16H2,1-2H3,(H2,21,22,23). The molecule has 2 atom stereocenters. The fourth-order valence-corrected chi connectivity index (χ4v) is 2.87. The zero-order valence-corrected chi connectivity index (χ0v) is 15.7. The Hall–Kier alpha value is -1.59. The minimum absolute atomic E-state index is 0.286. The van der Waals surface area contributed by atoms with Crippen LogP contribution in [-0.4, -0.2) is 51.0 Å². The first-order valence-electron chi connectivity index (χ1n) is 9.56. The van der Waals surface area contributed by atoms with Crippen LogP contribution in [0.15, 0.2) is 35.3 Å². The highest BCUT2D eigenvalue weighted by atomic mass is 16.5. The highest BCUT2D eigenvalue weighted by molar-refractivity contribution is 5.80. The Morgan fingerprint density at radius 3 is 2.92 bits per heavy atom. The molecule has 140 valence electrons. The van der Waals surface area contributed by atoms with Crippen molar-refractivity contribution in [1.82, 2.24) is 10.6 Å². The second-order valence-electron chi connectivity index (χ2n) is 6.54. The lowest BCUT2D eigenvalue weighted by atomic mass is 10.1. The molecule has 5 heteroatoms. The second kappa shape index (κ2) is 11.9. The predicted octanol–water partition coefficient (Wildman–Crippen LogP) is 2.76. The second-order valence-corrected chi connectivity index (χ2v) is 6.54. The van der Waals surface area contributed by atoms with Gasteiger partial charge in [0.2, 0.25) is 0 Å². The van der Waals surface area contributed by atoms with Crippen LogP contribution in [0.2, 0.25) is 0 Å². The molecule has 5 nitrogen and oxygen atoms in total. The lowest BCUT2D eigenvalue weighted by molar-refractivity contribution is 0.0200. The molecule has 1 heterocycles. The molecule has 0 bridgehead atoms. The molecule has 1 aliphatic rings. The average molecular weight is 348 g/mol. The molecule has 1 aliphatic heterocycles. The van der Waals surface area contributed by atoms with Crippen LogP contribution in [0.5, 0.6) is 0 Å². The molecule has 0 aliphatic carbocycles. The maximum Gasteiger partial charge on any atom is 0.191 e. The summed E-state index contributed by atoms with van der Waals surface area (Å²) >= 11 is 0. The summed E-state index contributed by atoms with van der Waals surface area (Å²) in [6.45, 7) is 7.99. The molecule has 1 aromatic rings.